The molecule has 1 N–H and O–H groups in total. The Morgan fingerprint density at radius 1 is 1.05 bits per heavy atom. The van der Waals surface area contributed by atoms with Crippen molar-refractivity contribution in [3.05, 3.63) is 59.2 Å². The van der Waals surface area contributed by atoms with E-state index in [0.29, 0.717) is 19.4 Å². The smallest absolute Gasteiger partial charge is 0.224 e. The summed E-state index contributed by atoms with van der Waals surface area (Å²) in [6, 6.07) is 13.9. The molecule has 0 heterocycles. The van der Waals surface area contributed by atoms with E-state index in [1.54, 1.807) is 0 Å². The summed E-state index contributed by atoms with van der Waals surface area (Å²) < 4.78 is 5.70. The highest BCUT2D eigenvalue weighted by molar-refractivity contribution is 5.91. The van der Waals surface area contributed by atoms with E-state index in [9.17, 15) is 4.79 Å². The lowest BCUT2D eigenvalue weighted by Gasteiger charge is -2.10. The maximum absolute atomic E-state index is 12.0. The van der Waals surface area contributed by atoms with Crippen LogP contribution in [0.3, 0.4) is 0 Å². The second kappa shape index (κ2) is 7.64. The number of carbonyl (C=O) groups excluding carboxylic acids is 1. The van der Waals surface area contributed by atoms with Gasteiger partial charge in [-0.1, -0.05) is 35.9 Å². The summed E-state index contributed by atoms with van der Waals surface area (Å²) in [4.78, 5) is 12.0. The van der Waals surface area contributed by atoms with Crippen molar-refractivity contribution in [2.75, 3.05) is 11.9 Å². The number of nitrogens with one attached hydrogen (secondary N) is 1. The topological polar surface area (TPSA) is 38.3 Å². The quantitative estimate of drug-likeness (QED) is 0.802. The van der Waals surface area contributed by atoms with Crippen molar-refractivity contribution >= 4 is 11.6 Å². The zero-order chi connectivity index (χ0) is 15.9. The largest absolute Gasteiger partial charge is 0.493 e. The molecule has 0 spiro atoms. The maximum atomic E-state index is 12.0. The summed E-state index contributed by atoms with van der Waals surface area (Å²) in [5, 5.41) is 2.95. The number of rotatable bonds is 6. The van der Waals surface area contributed by atoms with Crippen LogP contribution in [0.1, 0.15) is 29.5 Å². The first-order valence-corrected chi connectivity index (χ1v) is 7.62. The van der Waals surface area contributed by atoms with E-state index in [-0.39, 0.29) is 5.91 Å². The van der Waals surface area contributed by atoms with Gasteiger partial charge in [-0.2, -0.15) is 0 Å². The van der Waals surface area contributed by atoms with Gasteiger partial charge in [0, 0.05) is 12.1 Å². The lowest BCUT2D eigenvalue weighted by atomic mass is 10.1. The Hall–Kier alpha value is -2.29. The van der Waals surface area contributed by atoms with Gasteiger partial charge >= 0.3 is 0 Å². The Labute approximate surface area is 132 Å². The second-order valence-corrected chi connectivity index (χ2v) is 5.58. The first kappa shape index (κ1) is 16.1. The maximum Gasteiger partial charge on any atom is 0.224 e. The molecule has 116 valence electrons. The zero-order valence-electron chi connectivity index (χ0n) is 13.5. The molecular formula is C19H23NO2. The van der Waals surface area contributed by atoms with Crippen LogP contribution in [-0.2, 0) is 4.79 Å². The number of aryl methyl sites for hydroxylation is 3. The summed E-state index contributed by atoms with van der Waals surface area (Å²) in [7, 11) is 0. The molecule has 0 aliphatic heterocycles. The van der Waals surface area contributed by atoms with Crippen LogP contribution in [0.15, 0.2) is 42.5 Å². The third kappa shape index (κ3) is 4.62. The molecule has 0 bridgehead atoms. The number of ether oxygens (including phenoxy) is 1. The van der Waals surface area contributed by atoms with E-state index in [1.165, 1.54) is 5.56 Å². The molecule has 0 aliphatic carbocycles. The number of benzene rings is 2. The fourth-order valence-electron chi connectivity index (χ4n) is 2.30. The molecule has 0 aromatic heterocycles. The van der Waals surface area contributed by atoms with E-state index in [1.807, 2.05) is 57.2 Å². The highest BCUT2D eigenvalue weighted by Gasteiger charge is 2.05. The van der Waals surface area contributed by atoms with E-state index >= 15 is 0 Å². The first-order chi connectivity index (χ1) is 10.6. The van der Waals surface area contributed by atoms with Crippen molar-refractivity contribution in [1.82, 2.24) is 0 Å². The second-order valence-electron chi connectivity index (χ2n) is 5.58. The van der Waals surface area contributed by atoms with E-state index in [0.717, 1.165) is 22.6 Å². The standard InChI is InChI=1S/C19H23NO2/c1-14-10-11-17(16(3)13-14)20-19(21)9-6-12-22-18-8-5-4-7-15(18)2/h4-5,7-8,10-11,13H,6,9,12H2,1-3H3,(H,20,21). The van der Waals surface area contributed by atoms with Gasteiger partial charge in [-0.3, -0.25) is 4.79 Å². The molecule has 2 aromatic carbocycles. The molecule has 0 saturated heterocycles. The zero-order valence-corrected chi connectivity index (χ0v) is 13.5. The minimum atomic E-state index is 0.0281. The van der Waals surface area contributed by atoms with Crippen LogP contribution in [0.25, 0.3) is 0 Å². The minimum absolute atomic E-state index is 0.0281. The number of carbonyl (C=O) groups is 1. The number of hydrogen-bond donors (Lipinski definition) is 1. The third-order valence-corrected chi connectivity index (χ3v) is 3.56. The van der Waals surface area contributed by atoms with Crippen LogP contribution in [0.4, 0.5) is 5.69 Å². The van der Waals surface area contributed by atoms with Crippen LogP contribution < -0.4 is 10.1 Å². The lowest BCUT2D eigenvalue weighted by molar-refractivity contribution is -0.116. The highest BCUT2D eigenvalue weighted by atomic mass is 16.5. The molecule has 0 saturated carbocycles. The summed E-state index contributed by atoms with van der Waals surface area (Å²) in [5.41, 5.74) is 4.28. The van der Waals surface area contributed by atoms with Crippen molar-refractivity contribution < 1.29 is 9.53 Å². The van der Waals surface area contributed by atoms with Crippen molar-refractivity contribution in [2.45, 2.75) is 33.6 Å². The number of hydrogen-bond acceptors (Lipinski definition) is 2. The van der Waals surface area contributed by atoms with Crippen LogP contribution in [0, 0.1) is 20.8 Å². The monoisotopic (exact) mass is 297 g/mol. The van der Waals surface area contributed by atoms with Gasteiger partial charge in [0.15, 0.2) is 0 Å². The van der Waals surface area contributed by atoms with E-state index in [2.05, 4.69) is 11.4 Å². The predicted molar refractivity (Wildman–Crippen MR) is 90.5 cm³/mol. The average molecular weight is 297 g/mol. The molecule has 3 heteroatoms. The highest BCUT2D eigenvalue weighted by Crippen LogP contribution is 2.18. The first-order valence-electron chi connectivity index (χ1n) is 7.62. The molecular weight excluding hydrogens is 274 g/mol. The van der Waals surface area contributed by atoms with Gasteiger partial charge in [0.05, 0.1) is 6.61 Å². The minimum Gasteiger partial charge on any atom is -0.493 e. The van der Waals surface area contributed by atoms with Crippen molar-refractivity contribution in [1.29, 1.82) is 0 Å². The van der Waals surface area contributed by atoms with Crippen molar-refractivity contribution in [2.24, 2.45) is 0 Å². The molecule has 1 amide bonds. The Morgan fingerprint density at radius 2 is 1.82 bits per heavy atom. The molecule has 3 nitrogen and oxygen atoms in total. The van der Waals surface area contributed by atoms with Crippen LogP contribution in [-0.4, -0.2) is 12.5 Å². The van der Waals surface area contributed by atoms with Gasteiger partial charge in [-0.05, 0) is 50.5 Å². The fourth-order valence-corrected chi connectivity index (χ4v) is 2.30. The molecule has 2 rings (SSSR count). The SMILES string of the molecule is Cc1ccc(NC(=O)CCCOc2ccccc2C)c(C)c1. The van der Waals surface area contributed by atoms with Gasteiger partial charge < -0.3 is 10.1 Å². The van der Waals surface area contributed by atoms with Crippen molar-refractivity contribution in [3.63, 3.8) is 0 Å². The fraction of sp³-hybridized carbons (Fsp3) is 0.316. The van der Waals surface area contributed by atoms with Gasteiger partial charge in [0.25, 0.3) is 0 Å². The van der Waals surface area contributed by atoms with E-state index in [4.69, 9.17) is 4.74 Å². The van der Waals surface area contributed by atoms with Crippen molar-refractivity contribution in [3.8, 4) is 5.75 Å². The Balaban J connectivity index is 1.75. The summed E-state index contributed by atoms with van der Waals surface area (Å²) in [6.07, 6.45) is 1.16. The van der Waals surface area contributed by atoms with E-state index < -0.39 is 0 Å². The molecule has 0 unspecified atom stereocenters. The van der Waals surface area contributed by atoms with Gasteiger partial charge in [-0.15, -0.1) is 0 Å². The molecule has 0 atom stereocenters. The Kier molecular flexibility index (Phi) is 5.59. The lowest BCUT2D eigenvalue weighted by Crippen LogP contribution is -2.13. The predicted octanol–water partition coefficient (Wildman–Crippen LogP) is 4.41. The summed E-state index contributed by atoms with van der Waals surface area (Å²) in [5.74, 6) is 0.914. The molecule has 0 fully saturated rings. The molecule has 2 aromatic rings. The Bertz CT molecular complexity index is 650. The van der Waals surface area contributed by atoms with Crippen LogP contribution in [0.2, 0.25) is 0 Å². The molecule has 0 radical (unpaired) electrons. The number of anilines is 1. The molecule has 22 heavy (non-hydrogen) atoms. The summed E-state index contributed by atoms with van der Waals surface area (Å²) >= 11 is 0. The molecule has 0 aliphatic rings. The van der Waals surface area contributed by atoms with Gasteiger partial charge in [-0.25, -0.2) is 0 Å². The van der Waals surface area contributed by atoms with Crippen LogP contribution >= 0.6 is 0 Å². The summed E-state index contributed by atoms with van der Waals surface area (Å²) in [6.45, 7) is 6.61. The Morgan fingerprint density at radius 3 is 2.55 bits per heavy atom. The normalized spacial score (nSPS) is 10.3. The van der Waals surface area contributed by atoms with Gasteiger partial charge in [0.2, 0.25) is 5.91 Å². The third-order valence-electron chi connectivity index (χ3n) is 3.56. The average Bonchev–Trinajstić information content (AvgIpc) is 2.48. The van der Waals surface area contributed by atoms with Gasteiger partial charge in [0.1, 0.15) is 5.75 Å². The number of para-hydroxylation sites is 1. The number of amides is 1. The van der Waals surface area contributed by atoms with Crippen LogP contribution in [0.5, 0.6) is 5.75 Å².